The molecule has 9 heteroatoms. The molecule has 11 aromatic rings. The van der Waals surface area contributed by atoms with Crippen molar-refractivity contribution in [2.24, 2.45) is 0 Å². The summed E-state index contributed by atoms with van der Waals surface area (Å²) < 4.78 is 2.28. The highest BCUT2D eigenvalue weighted by Gasteiger charge is 2.25. The number of benzene rings is 7. The fraction of sp³-hybridized carbons (Fsp3) is 0.0357. The van der Waals surface area contributed by atoms with Gasteiger partial charge in [0.15, 0.2) is 17.5 Å². The average Bonchev–Trinajstić information content (AvgIpc) is 3.69. The van der Waals surface area contributed by atoms with Crippen molar-refractivity contribution in [1.29, 1.82) is 5.26 Å². The molecule has 0 saturated heterocycles. The van der Waals surface area contributed by atoms with Crippen LogP contribution in [0.1, 0.15) is 17.2 Å². The van der Waals surface area contributed by atoms with E-state index in [2.05, 4.69) is 82.4 Å². The summed E-state index contributed by atoms with van der Waals surface area (Å²) in [6.07, 6.45) is 0. The molecule has 0 fully saturated rings. The van der Waals surface area contributed by atoms with Crippen LogP contribution in [0.2, 0.25) is 0 Å². The van der Waals surface area contributed by atoms with Gasteiger partial charge in [0, 0.05) is 49.7 Å². The van der Waals surface area contributed by atoms with Gasteiger partial charge in [-0.25, -0.2) is 34.9 Å². The SMILES string of the molecule is Cc1nc(C)nc(-c2ccc3c(c2)c2ccccc2n3-c2c(-c3cc(-c4ccccc4)nc(-c4ccccc4)n3)cc(C#N)cc2-c2cc(-c3ccccc3)nc(-c3ccccc3)n2)n1. The molecule has 9 nitrogen and oxygen atoms in total. The van der Waals surface area contributed by atoms with Gasteiger partial charge in [-0.15, -0.1) is 0 Å². The summed E-state index contributed by atoms with van der Waals surface area (Å²) in [6.45, 7) is 3.77. The highest BCUT2D eigenvalue weighted by Crippen LogP contribution is 2.44. The Morgan fingerprint density at radius 1 is 0.369 bits per heavy atom. The second kappa shape index (κ2) is 16.4. The number of nitrogens with zero attached hydrogens (tertiary/aromatic N) is 9. The average molecular weight is 836 g/mol. The lowest BCUT2D eigenvalue weighted by Crippen LogP contribution is -2.05. The summed E-state index contributed by atoms with van der Waals surface area (Å²) >= 11 is 0. The number of hydrogen-bond acceptors (Lipinski definition) is 8. The molecule has 4 aromatic heterocycles. The first-order valence-electron chi connectivity index (χ1n) is 21.3. The molecular formula is C56H37N9. The predicted molar refractivity (Wildman–Crippen MR) is 258 cm³/mol. The molecule has 0 bridgehead atoms. The zero-order valence-electron chi connectivity index (χ0n) is 35.4. The quantitative estimate of drug-likeness (QED) is 0.148. The van der Waals surface area contributed by atoms with Crippen LogP contribution in [0.15, 0.2) is 188 Å². The van der Waals surface area contributed by atoms with Crippen molar-refractivity contribution in [3.8, 4) is 90.9 Å². The van der Waals surface area contributed by atoms with Crippen molar-refractivity contribution in [1.82, 2.24) is 39.5 Å². The van der Waals surface area contributed by atoms with Crippen LogP contribution in [-0.4, -0.2) is 39.5 Å². The second-order valence-corrected chi connectivity index (χ2v) is 15.8. The van der Waals surface area contributed by atoms with E-state index in [4.69, 9.17) is 29.9 Å². The molecule has 0 saturated carbocycles. The summed E-state index contributed by atoms with van der Waals surface area (Å²) in [5.41, 5.74) is 11.9. The smallest absolute Gasteiger partial charge is 0.163 e. The van der Waals surface area contributed by atoms with E-state index in [1.54, 1.807) is 0 Å². The standard InChI is InChI=1S/C56H37N9/c1-35-58-36(2)60-56(59-35)42-27-28-52-44(31-42)43-25-15-16-26-51(43)65(52)53-45(49-32-47(38-17-7-3-8-18-38)61-54(63-49)40-21-11-5-12-22-40)29-37(34-57)30-46(53)50-33-48(39-19-9-4-10-20-39)62-55(64-50)41-23-13-6-14-24-41/h3-33H,1-2H3. The van der Waals surface area contributed by atoms with Crippen molar-refractivity contribution in [3.05, 3.63) is 205 Å². The highest BCUT2D eigenvalue weighted by atomic mass is 15.0. The number of rotatable bonds is 8. The Hall–Kier alpha value is -9.00. The van der Waals surface area contributed by atoms with Crippen LogP contribution < -0.4 is 0 Å². The number of para-hydroxylation sites is 1. The van der Waals surface area contributed by atoms with Crippen molar-refractivity contribution in [3.63, 3.8) is 0 Å². The number of aryl methyl sites for hydroxylation is 2. The molecule has 0 unspecified atom stereocenters. The lowest BCUT2D eigenvalue weighted by atomic mass is 9.95. The van der Waals surface area contributed by atoms with Crippen LogP contribution in [-0.2, 0) is 0 Å². The maximum Gasteiger partial charge on any atom is 0.163 e. The number of aromatic nitrogens is 8. The van der Waals surface area contributed by atoms with Gasteiger partial charge >= 0.3 is 0 Å². The highest BCUT2D eigenvalue weighted by molar-refractivity contribution is 6.11. The Morgan fingerprint density at radius 2 is 0.800 bits per heavy atom. The molecule has 7 aromatic carbocycles. The minimum Gasteiger partial charge on any atom is -0.308 e. The molecule has 11 rings (SSSR count). The minimum absolute atomic E-state index is 0.449. The molecule has 0 aliphatic rings. The molecule has 65 heavy (non-hydrogen) atoms. The van der Waals surface area contributed by atoms with E-state index in [1.165, 1.54) is 0 Å². The van der Waals surface area contributed by atoms with Gasteiger partial charge in [0.1, 0.15) is 11.6 Å². The van der Waals surface area contributed by atoms with E-state index >= 15 is 0 Å². The van der Waals surface area contributed by atoms with E-state index in [-0.39, 0.29) is 0 Å². The first-order chi connectivity index (χ1) is 32.0. The topological polar surface area (TPSA) is 119 Å². The summed E-state index contributed by atoms with van der Waals surface area (Å²) in [5.74, 6) is 3.05. The van der Waals surface area contributed by atoms with Crippen molar-refractivity contribution >= 4 is 21.8 Å². The van der Waals surface area contributed by atoms with Crippen molar-refractivity contribution in [2.75, 3.05) is 0 Å². The fourth-order valence-electron chi connectivity index (χ4n) is 8.54. The van der Waals surface area contributed by atoms with Gasteiger partial charge in [-0.05, 0) is 62.4 Å². The first-order valence-corrected chi connectivity index (χ1v) is 21.3. The van der Waals surface area contributed by atoms with Crippen LogP contribution in [0.4, 0.5) is 0 Å². The summed E-state index contributed by atoms with van der Waals surface area (Å²) in [7, 11) is 0. The van der Waals surface area contributed by atoms with Crippen LogP contribution in [0.5, 0.6) is 0 Å². The maximum atomic E-state index is 10.9. The first kappa shape index (κ1) is 38.9. The van der Waals surface area contributed by atoms with E-state index in [9.17, 15) is 5.26 Å². The minimum atomic E-state index is 0.449. The molecule has 0 radical (unpaired) electrons. The van der Waals surface area contributed by atoms with Crippen LogP contribution >= 0.6 is 0 Å². The lowest BCUT2D eigenvalue weighted by Gasteiger charge is -2.20. The number of nitriles is 1. The van der Waals surface area contributed by atoms with E-state index in [0.29, 0.717) is 46.1 Å². The monoisotopic (exact) mass is 835 g/mol. The number of hydrogen-bond donors (Lipinski definition) is 0. The zero-order chi connectivity index (χ0) is 43.9. The van der Waals surface area contributed by atoms with Gasteiger partial charge in [0.25, 0.3) is 0 Å². The molecule has 0 spiro atoms. The van der Waals surface area contributed by atoms with E-state index < -0.39 is 0 Å². The molecule has 306 valence electrons. The third-order valence-electron chi connectivity index (χ3n) is 11.5. The van der Waals surface area contributed by atoms with Crippen molar-refractivity contribution < 1.29 is 0 Å². The molecule has 4 heterocycles. The lowest BCUT2D eigenvalue weighted by molar-refractivity contribution is 0.929. The van der Waals surface area contributed by atoms with E-state index in [1.807, 2.05) is 135 Å². The Labute approximate surface area is 375 Å². The summed E-state index contributed by atoms with van der Waals surface area (Å²) in [4.78, 5) is 34.9. The van der Waals surface area contributed by atoms with Crippen molar-refractivity contribution in [2.45, 2.75) is 13.8 Å². The van der Waals surface area contributed by atoms with Gasteiger partial charge in [-0.1, -0.05) is 140 Å². The normalized spacial score (nSPS) is 11.2. The number of fused-ring (bicyclic) bond motifs is 3. The second-order valence-electron chi connectivity index (χ2n) is 15.8. The third kappa shape index (κ3) is 7.35. The van der Waals surface area contributed by atoms with Gasteiger partial charge in [0.2, 0.25) is 0 Å². The Bertz CT molecular complexity index is 3340. The van der Waals surface area contributed by atoms with Gasteiger partial charge < -0.3 is 4.57 Å². The van der Waals surface area contributed by atoms with E-state index in [0.717, 1.165) is 77.8 Å². The third-order valence-corrected chi connectivity index (χ3v) is 11.5. The van der Waals surface area contributed by atoms with Crippen LogP contribution in [0.3, 0.4) is 0 Å². The largest absolute Gasteiger partial charge is 0.308 e. The molecule has 0 aliphatic heterocycles. The van der Waals surface area contributed by atoms with Gasteiger partial charge in [-0.2, -0.15) is 5.26 Å². The Morgan fingerprint density at radius 3 is 1.31 bits per heavy atom. The fourth-order valence-corrected chi connectivity index (χ4v) is 8.54. The van der Waals surface area contributed by atoms with Crippen LogP contribution in [0, 0.1) is 25.2 Å². The molecular weight excluding hydrogens is 799 g/mol. The van der Waals surface area contributed by atoms with Crippen LogP contribution in [0.25, 0.3) is 107 Å². The van der Waals surface area contributed by atoms with Gasteiger partial charge in [0.05, 0.1) is 51.1 Å². The molecule has 0 atom stereocenters. The molecule has 0 N–H and O–H groups in total. The molecule has 0 aliphatic carbocycles. The zero-order valence-corrected chi connectivity index (χ0v) is 35.4. The summed E-state index contributed by atoms with van der Waals surface area (Å²) in [6, 6.07) is 65.4. The molecule has 0 amide bonds. The Balaban J connectivity index is 1.28. The summed E-state index contributed by atoms with van der Waals surface area (Å²) in [5, 5.41) is 13.0. The van der Waals surface area contributed by atoms with Gasteiger partial charge in [-0.3, -0.25) is 0 Å². The maximum absolute atomic E-state index is 10.9. The Kier molecular flexibility index (Phi) is 9.79. The predicted octanol–water partition coefficient (Wildman–Crippen LogP) is 12.7.